The molecule has 0 radical (unpaired) electrons. The van der Waals surface area contributed by atoms with Crippen molar-refractivity contribution >= 4 is 12.1 Å². The molecule has 122 valence electrons. The van der Waals surface area contributed by atoms with Crippen LogP contribution in [0.1, 0.15) is 52.9 Å². The van der Waals surface area contributed by atoms with Gasteiger partial charge in [-0.25, -0.2) is 0 Å². The van der Waals surface area contributed by atoms with Crippen molar-refractivity contribution in [2.45, 2.75) is 76.3 Å². The third kappa shape index (κ3) is 2.14. The van der Waals surface area contributed by atoms with E-state index < -0.39 is 29.3 Å². The number of aldehydes is 1. The molecule has 1 spiro atoms. The molecule has 4 unspecified atom stereocenters. The molecule has 0 saturated carbocycles. The third-order valence-electron chi connectivity index (χ3n) is 5.21. The van der Waals surface area contributed by atoms with Crippen molar-refractivity contribution in [1.29, 1.82) is 0 Å². The number of aliphatic hydroxyl groups is 1. The maximum absolute atomic E-state index is 12.6. The highest BCUT2D eigenvalue weighted by atomic mass is 16.7. The van der Waals surface area contributed by atoms with E-state index in [4.69, 9.17) is 9.47 Å². The van der Waals surface area contributed by atoms with Crippen LogP contribution >= 0.6 is 0 Å². The number of carbonyl (C=O) groups excluding carboxylic acids is 2. The highest BCUT2D eigenvalue weighted by Crippen LogP contribution is 2.58. The number of ether oxygens (including phenoxy) is 2. The van der Waals surface area contributed by atoms with Crippen LogP contribution in [0.4, 0.5) is 0 Å². The summed E-state index contributed by atoms with van der Waals surface area (Å²) in [6.07, 6.45) is 3.44. The molecule has 0 bridgehead atoms. The van der Waals surface area contributed by atoms with Crippen LogP contribution in [0.15, 0.2) is 11.3 Å². The quantitative estimate of drug-likeness (QED) is 0.477. The van der Waals surface area contributed by atoms with Gasteiger partial charge in [-0.05, 0) is 20.3 Å². The Morgan fingerprint density at radius 2 is 2.09 bits per heavy atom. The van der Waals surface area contributed by atoms with Gasteiger partial charge in [-0.15, -0.1) is 0 Å². The molecule has 0 aromatic rings. The molecule has 22 heavy (non-hydrogen) atoms. The maximum atomic E-state index is 12.6. The van der Waals surface area contributed by atoms with Crippen molar-refractivity contribution in [2.24, 2.45) is 5.92 Å². The van der Waals surface area contributed by atoms with Crippen LogP contribution in [0.25, 0.3) is 0 Å². The Hall–Kier alpha value is -1.20. The van der Waals surface area contributed by atoms with E-state index in [2.05, 4.69) is 6.92 Å². The van der Waals surface area contributed by atoms with E-state index in [1.165, 1.54) is 0 Å². The molecule has 5 heteroatoms. The Balaban J connectivity index is 1.95. The van der Waals surface area contributed by atoms with Crippen molar-refractivity contribution in [3.63, 3.8) is 0 Å². The van der Waals surface area contributed by atoms with Crippen LogP contribution in [0.3, 0.4) is 0 Å². The van der Waals surface area contributed by atoms with Gasteiger partial charge in [0.15, 0.2) is 17.5 Å². The Kier molecular flexibility index (Phi) is 3.68. The smallest absolute Gasteiger partial charge is 0.172 e. The zero-order valence-electron chi connectivity index (χ0n) is 13.4. The molecule has 5 nitrogen and oxygen atoms in total. The molecule has 2 saturated heterocycles. The predicted molar refractivity (Wildman–Crippen MR) is 79.1 cm³/mol. The highest BCUT2D eigenvalue weighted by Gasteiger charge is 2.72. The summed E-state index contributed by atoms with van der Waals surface area (Å²) in [6, 6.07) is 0. The first-order chi connectivity index (χ1) is 10.4. The summed E-state index contributed by atoms with van der Waals surface area (Å²) in [7, 11) is 0. The number of hydrogen-bond donors (Lipinski definition) is 1. The summed E-state index contributed by atoms with van der Waals surface area (Å²) in [5.41, 5.74) is -1.24. The molecule has 2 fully saturated rings. The molecule has 0 amide bonds. The maximum Gasteiger partial charge on any atom is 0.172 e. The molecular weight excluding hydrogens is 284 g/mol. The van der Waals surface area contributed by atoms with Crippen molar-refractivity contribution in [3.05, 3.63) is 11.3 Å². The fraction of sp³-hybridized carbons (Fsp3) is 0.765. The van der Waals surface area contributed by atoms with Gasteiger partial charge in [0.2, 0.25) is 0 Å². The lowest BCUT2D eigenvalue weighted by molar-refractivity contribution is -0.132. The minimum Gasteiger partial charge on any atom is -0.486 e. The van der Waals surface area contributed by atoms with E-state index in [0.717, 1.165) is 25.5 Å². The number of allylic oxidation sites excluding steroid dienone is 1. The van der Waals surface area contributed by atoms with Crippen LogP contribution < -0.4 is 0 Å². The minimum absolute atomic E-state index is 0.0301. The van der Waals surface area contributed by atoms with Crippen molar-refractivity contribution < 1.29 is 24.2 Å². The number of rotatable bonds is 5. The van der Waals surface area contributed by atoms with Crippen molar-refractivity contribution in [1.82, 2.24) is 0 Å². The molecule has 3 aliphatic rings. The first-order valence-corrected chi connectivity index (χ1v) is 8.16. The zero-order chi connectivity index (χ0) is 16.1. The first-order valence-electron chi connectivity index (χ1n) is 8.16. The van der Waals surface area contributed by atoms with Gasteiger partial charge in [-0.2, -0.15) is 0 Å². The van der Waals surface area contributed by atoms with E-state index in [0.29, 0.717) is 24.2 Å². The van der Waals surface area contributed by atoms with Gasteiger partial charge in [0.25, 0.3) is 0 Å². The Morgan fingerprint density at radius 3 is 2.73 bits per heavy atom. The third-order valence-corrected chi connectivity index (χ3v) is 5.21. The summed E-state index contributed by atoms with van der Waals surface area (Å²) in [5.74, 6) is 0.0343. The number of carbonyl (C=O) groups is 2. The zero-order valence-corrected chi connectivity index (χ0v) is 13.4. The Labute approximate surface area is 130 Å². The van der Waals surface area contributed by atoms with E-state index >= 15 is 0 Å². The van der Waals surface area contributed by atoms with Crippen molar-refractivity contribution in [2.75, 3.05) is 0 Å². The summed E-state index contributed by atoms with van der Waals surface area (Å²) in [5, 5.41) is 10.2. The molecule has 2 heterocycles. The molecule has 0 aromatic heterocycles. The van der Waals surface area contributed by atoms with Crippen LogP contribution in [-0.2, 0) is 19.1 Å². The summed E-state index contributed by atoms with van der Waals surface area (Å²) in [6.45, 7) is 5.69. The summed E-state index contributed by atoms with van der Waals surface area (Å²) < 4.78 is 11.6. The van der Waals surface area contributed by atoms with Gasteiger partial charge in [-0.1, -0.05) is 26.2 Å². The monoisotopic (exact) mass is 308 g/mol. The standard InChI is InChI=1S/C17H24O5/c1-4-5-6-7-10-11(9-18)14-17(15(22-17)13(10)20)8-12(19)16(2,3)21-14/h9-10,12,15,19H,4-8H2,1-3H3. The van der Waals surface area contributed by atoms with Crippen LogP contribution in [0, 0.1) is 5.92 Å². The van der Waals surface area contributed by atoms with Crippen LogP contribution in [-0.4, -0.2) is 40.6 Å². The largest absolute Gasteiger partial charge is 0.486 e. The second-order valence-electron chi connectivity index (χ2n) is 7.17. The number of unbranched alkanes of at least 4 members (excludes halogenated alkanes) is 2. The van der Waals surface area contributed by atoms with E-state index in [1.54, 1.807) is 13.8 Å². The lowest BCUT2D eigenvalue weighted by Gasteiger charge is -2.43. The molecule has 3 rings (SSSR count). The lowest BCUT2D eigenvalue weighted by atomic mass is 9.73. The van der Waals surface area contributed by atoms with Gasteiger partial charge in [0, 0.05) is 12.0 Å². The number of epoxide rings is 1. The van der Waals surface area contributed by atoms with E-state index in [1.807, 2.05) is 0 Å². The van der Waals surface area contributed by atoms with Crippen molar-refractivity contribution in [3.8, 4) is 0 Å². The normalized spacial score (nSPS) is 38.9. The topological polar surface area (TPSA) is 76.1 Å². The molecular formula is C17H24O5. The summed E-state index contributed by atoms with van der Waals surface area (Å²) in [4.78, 5) is 24.2. The molecule has 4 atom stereocenters. The van der Waals surface area contributed by atoms with Gasteiger partial charge in [0.1, 0.15) is 17.6 Å². The number of Topliss-reactive ketones (excluding diaryl/α,β-unsaturated/α-hetero) is 1. The molecule has 2 aliphatic heterocycles. The van der Waals surface area contributed by atoms with E-state index in [9.17, 15) is 14.7 Å². The highest BCUT2D eigenvalue weighted by molar-refractivity contribution is 6.00. The van der Waals surface area contributed by atoms with Gasteiger partial charge >= 0.3 is 0 Å². The number of ketones is 1. The van der Waals surface area contributed by atoms with Crippen LogP contribution in [0.2, 0.25) is 0 Å². The van der Waals surface area contributed by atoms with E-state index in [-0.39, 0.29) is 5.78 Å². The average Bonchev–Trinajstić information content (AvgIpc) is 3.18. The second kappa shape index (κ2) is 5.17. The number of aliphatic hydroxyl groups excluding tert-OH is 1. The molecule has 1 N–H and O–H groups in total. The SMILES string of the molecule is CCCCCC1C(=O)C2OC23CC(O)C(C)(C)OC3=C1C=O. The fourth-order valence-electron chi connectivity index (χ4n) is 3.66. The van der Waals surface area contributed by atoms with Gasteiger partial charge < -0.3 is 14.6 Å². The predicted octanol–water partition coefficient (Wildman–Crippen LogP) is 1.92. The number of hydrogen-bond acceptors (Lipinski definition) is 5. The lowest BCUT2D eigenvalue weighted by Crippen LogP contribution is -2.52. The van der Waals surface area contributed by atoms with Crippen LogP contribution in [0.5, 0.6) is 0 Å². The van der Waals surface area contributed by atoms with Gasteiger partial charge in [0.05, 0.1) is 12.0 Å². The molecule has 0 aromatic carbocycles. The first kappa shape index (κ1) is 15.7. The Morgan fingerprint density at radius 1 is 1.36 bits per heavy atom. The molecule has 1 aliphatic carbocycles. The summed E-state index contributed by atoms with van der Waals surface area (Å²) >= 11 is 0. The minimum atomic E-state index is -0.885. The van der Waals surface area contributed by atoms with Gasteiger partial charge in [-0.3, -0.25) is 9.59 Å². The fourth-order valence-corrected chi connectivity index (χ4v) is 3.66. The second-order valence-corrected chi connectivity index (χ2v) is 7.17. The Bertz CT molecular complexity index is 535. The average molecular weight is 308 g/mol.